The van der Waals surface area contributed by atoms with E-state index in [4.69, 9.17) is 21.7 Å². The minimum absolute atomic E-state index is 0.165. The molecule has 1 amide bonds. The van der Waals surface area contributed by atoms with Gasteiger partial charge in [0, 0.05) is 10.5 Å². The summed E-state index contributed by atoms with van der Waals surface area (Å²) < 4.78 is 12.1. The monoisotopic (exact) mass is 435 g/mol. The Morgan fingerprint density at radius 1 is 1.12 bits per heavy atom. The van der Waals surface area contributed by atoms with Gasteiger partial charge < -0.3 is 9.47 Å². The van der Waals surface area contributed by atoms with Crippen molar-refractivity contribution < 1.29 is 14.3 Å². The number of rotatable bonds is 4. The van der Waals surface area contributed by atoms with E-state index in [0.717, 1.165) is 10.0 Å². The Bertz CT molecular complexity index is 865. The number of nitrogens with zero attached hydrogens (tertiary/aromatic N) is 1. The van der Waals surface area contributed by atoms with E-state index in [1.165, 1.54) is 16.7 Å². The van der Waals surface area contributed by atoms with Gasteiger partial charge in [0.2, 0.25) is 0 Å². The number of ether oxygens (including phenoxy) is 2. The van der Waals surface area contributed by atoms with Gasteiger partial charge in [-0.2, -0.15) is 0 Å². The summed E-state index contributed by atoms with van der Waals surface area (Å²) in [5.41, 5.74) is 1.54. The number of thiocarbonyl (C=S) groups is 1. The number of halogens is 1. The lowest BCUT2D eigenvalue weighted by Crippen LogP contribution is -2.27. The highest BCUT2D eigenvalue weighted by Gasteiger charge is 2.35. The fourth-order valence-corrected chi connectivity index (χ4v) is 3.90. The van der Waals surface area contributed by atoms with Crippen molar-refractivity contribution in [3.05, 3.63) is 57.4 Å². The highest BCUT2D eigenvalue weighted by Crippen LogP contribution is 2.41. The smallest absolute Gasteiger partial charge is 0.270 e. The molecule has 0 N–H and O–H groups in total. The van der Waals surface area contributed by atoms with Gasteiger partial charge in [0.1, 0.15) is 11.5 Å². The van der Waals surface area contributed by atoms with Gasteiger partial charge in [-0.3, -0.25) is 9.69 Å². The molecule has 2 aromatic rings. The van der Waals surface area contributed by atoms with Crippen LogP contribution in [0.15, 0.2) is 51.8 Å². The van der Waals surface area contributed by atoms with E-state index in [0.29, 0.717) is 26.4 Å². The second-order valence-corrected chi connectivity index (χ2v) is 7.70. The summed E-state index contributed by atoms with van der Waals surface area (Å²) in [6.45, 7) is 0. The molecule has 0 spiro atoms. The molecule has 1 aliphatic heterocycles. The molecular weight excluding hydrogens is 422 g/mol. The SMILES string of the molecule is COc1ccc(N2C(=O)C(=Cc3ccc(Br)cc3)SC2=S)c(OC)c1. The Labute approximate surface area is 163 Å². The minimum atomic E-state index is -0.165. The summed E-state index contributed by atoms with van der Waals surface area (Å²) >= 11 is 10.1. The zero-order valence-corrected chi connectivity index (χ0v) is 16.7. The van der Waals surface area contributed by atoms with E-state index < -0.39 is 0 Å². The van der Waals surface area contributed by atoms with Gasteiger partial charge >= 0.3 is 0 Å². The summed E-state index contributed by atoms with van der Waals surface area (Å²) in [7, 11) is 3.13. The molecule has 1 heterocycles. The third kappa shape index (κ3) is 3.73. The second-order valence-electron chi connectivity index (χ2n) is 5.11. The Hall–Kier alpha value is -1.83. The molecule has 0 radical (unpaired) electrons. The lowest BCUT2D eigenvalue weighted by Gasteiger charge is -2.18. The zero-order valence-electron chi connectivity index (χ0n) is 13.5. The molecule has 7 heteroatoms. The van der Waals surface area contributed by atoms with Crippen LogP contribution in [-0.4, -0.2) is 24.4 Å². The van der Waals surface area contributed by atoms with Crippen LogP contribution in [0.1, 0.15) is 5.56 Å². The Morgan fingerprint density at radius 3 is 2.48 bits per heavy atom. The predicted octanol–water partition coefficient (Wildman–Crippen LogP) is 4.87. The second kappa shape index (κ2) is 7.59. The summed E-state index contributed by atoms with van der Waals surface area (Å²) in [6.07, 6.45) is 1.84. The minimum Gasteiger partial charge on any atom is -0.497 e. The first-order valence-corrected chi connectivity index (χ1v) is 9.31. The van der Waals surface area contributed by atoms with E-state index in [-0.39, 0.29) is 5.91 Å². The van der Waals surface area contributed by atoms with E-state index in [1.54, 1.807) is 32.4 Å². The highest BCUT2D eigenvalue weighted by atomic mass is 79.9. The molecule has 1 aliphatic rings. The molecule has 1 fully saturated rings. The van der Waals surface area contributed by atoms with E-state index >= 15 is 0 Å². The number of benzene rings is 2. The van der Waals surface area contributed by atoms with Crippen LogP contribution in [0.3, 0.4) is 0 Å². The molecule has 0 unspecified atom stereocenters. The summed E-state index contributed by atoms with van der Waals surface area (Å²) in [6, 6.07) is 13.0. The van der Waals surface area contributed by atoms with Gasteiger partial charge in [0.25, 0.3) is 5.91 Å². The average Bonchev–Trinajstić information content (AvgIpc) is 2.90. The fourth-order valence-electron chi connectivity index (χ4n) is 2.36. The molecule has 1 saturated heterocycles. The largest absolute Gasteiger partial charge is 0.497 e. The van der Waals surface area contributed by atoms with E-state index in [9.17, 15) is 4.79 Å². The van der Waals surface area contributed by atoms with Gasteiger partial charge in [-0.1, -0.05) is 52.0 Å². The van der Waals surface area contributed by atoms with Crippen LogP contribution in [0.25, 0.3) is 6.08 Å². The summed E-state index contributed by atoms with van der Waals surface area (Å²) in [5, 5.41) is 0. The third-order valence-electron chi connectivity index (χ3n) is 3.59. The quantitative estimate of drug-likeness (QED) is 0.505. The van der Waals surface area contributed by atoms with Crippen LogP contribution in [0.5, 0.6) is 11.5 Å². The molecule has 2 aromatic carbocycles. The first-order chi connectivity index (χ1) is 12.0. The lowest BCUT2D eigenvalue weighted by molar-refractivity contribution is -0.113. The standard InChI is InChI=1S/C18H14BrNO3S2/c1-22-13-7-8-14(15(10-13)23-2)20-17(21)16(25-18(20)24)9-11-3-5-12(19)6-4-11/h3-10H,1-2H3. The molecule has 4 nitrogen and oxygen atoms in total. The third-order valence-corrected chi connectivity index (χ3v) is 5.42. The Balaban J connectivity index is 1.95. The molecule has 25 heavy (non-hydrogen) atoms. The summed E-state index contributed by atoms with van der Waals surface area (Å²) in [5.74, 6) is 1.01. The normalized spacial score (nSPS) is 15.8. The van der Waals surface area contributed by atoms with Crippen molar-refractivity contribution in [1.82, 2.24) is 0 Å². The fraction of sp³-hybridized carbons (Fsp3) is 0.111. The number of thioether (sulfide) groups is 1. The van der Waals surface area contributed by atoms with Crippen LogP contribution < -0.4 is 14.4 Å². The number of carbonyl (C=O) groups excluding carboxylic acids is 1. The molecular formula is C18H14BrNO3S2. The van der Waals surface area contributed by atoms with Crippen molar-refractivity contribution in [2.75, 3.05) is 19.1 Å². The van der Waals surface area contributed by atoms with Crippen LogP contribution in [0, 0.1) is 0 Å². The number of amides is 1. The van der Waals surface area contributed by atoms with Crippen LogP contribution in [0.2, 0.25) is 0 Å². The van der Waals surface area contributed by atoms with Gasteiger partial charge in [0.15, 0.2) is 4.32 Å². The van der Waals surface area contributed by atoms with E-state index in [1.807, 2.05) is 30.3 Å². The summed E-state index contributed by atoms with van der Waals surface area (Å²) in [4.78, 5) is 14.9. The number of hydrogen-bond donors (Lipinski definition) is 0. The molecule has 0 aliphatic carbocycles. The Morgan fingerprint density at radius 2 is 1.84 bits per heavy atom. The molecule has 0 bridgehead atoms. The predicted molar refractivity (Wildman–Crippen MR) is 109 cm³/mol. The lowest BCUT2D eigenvalue weighted by atomic mass is 10.2. The van der Waals surface area contributed by atoms with Crippen molar-refractivity contribution in [3.8, 4) is 11.5 Å². The molecule has 3 rings (SSSR count). The van der Waals surface area contributed by atoms with Crippen LogP contribution >= 0.6 is 39.9 Å². The van der Waals surface area contributed by atoms with Crippen LogP contribution in [0.4, 0.5) is 5.69 Å². The Kier molecular flexibility index (Phi) is 5.46. The molecule has 0 saturated carbocycles. The molecule has 0 atom stereocenters. The van der Waals surface area contributed by atoms with Gasteiger partial charge in [0.05, 0.1) is 24.8 Å². The maximum atomic E-state index is 12.9. The van der Waals surface area contributed by atoms with Gasteiger partial charge in [-0.15, -0.1) is 0 Å². The number of carbonyl (C=O) groups is 1. The van der Waals surface area contributed by atoms with Crippen LogP contribution in [-0.2, 0) is 4.79 Å². The first kappa shape index (κ1) is 18.0. The first-order valence-electron chi connectivity index (χ1n) is 7.29. The van der Waals surface area contributed by atoms with Crippen molar-refractivity contribution in [2.24, 2.45) is 0 Å². The number of hydrogen-bond acceptors (Lipinski definition) is 5. The maximum absolute atomic E-state index is 12.9. The zero-order chi connectivity index (χ0) is 18.0. The van der Waals surface area contributed by atoms with Crippen molar-refractivity contribution >= 4 is 61.9 Å². The number of methoxy groups -OCH3 is 2. The molecule has 0 aromatic heterocycles. The number of anilines is 1. The maximum Gasteiger partial charge on any atom is 0.270 e. The van der Waals surface area contributed by atoms with Crippen molar-refractivity contribution in [3.63, 3.8) is 0 Å². The molecule has 128 valence electrons. The van der Waals surface area contributed by atoms with Crippen molar-refractivity contribution in [1.29, 1.82) is 0 Å². The van der Waals surface area contributed by atoms with E-state index in [2.05, 4.69) is 15.9 Å². The van der Waals surface area contributed by atoms with Gasteiger partial charge in [-0.05, 0) is 35.9 Å². The topological polar surface area (TPSA) is 38.8 Å². The average molecular weight is 436 g/mol. The van der Waals surface area contributed by atoms with Gasteiger partial charge in [-0.25, -0.2) is 0 Å². The highest BCUT2D eigenvalue weighted by molar-refractivity contribution is 9.10. The van der Waals surface area contributed by atoms with Crippen molar-refractivity contribution in [2.45, 2.75) is 0 Å².